The number of amides is 1. The first-order valence-electron chi connectivity index (χ1n) is 5.88. The Morgan fingerprint density at radius 3 is 2.78 bits per heavy atom. The van der Waals surface area contributed by atoms with Gasteiger partial charge in [0, 0.05) is 26.3 Å². The van der Waals surface area contributed by atoms with E-state index < -0.39 is 0 Å². The molecule has 0 unspecified atom stereocenters. The number of hydrogen-bond acceptors (Lipinski definition) is 3. The third kappa shape index (κ3) is 1.64. The maximum Gasteiger partial charge on any atom is 0.261 e. The van der Waals surface area contributed by atoms with Crippen molar-refractivity contribution in [3.05, 3.63) is 42.2 Å². The summed E-state index contributed by atoms with van der Waals surface area (Å²) in [5.41, 5.74) is 2.63. The summed E-state index contributed by atoms with van der Waals surface area (Å²) in [5, 5.41) is 6.50. The average molecular weight is 242 g/mol. The van der Waals surface area contributed by atoms with E-state index in [9.17, 15) is 4.79 Å². The van der Waals surface area contributed by atoms with Crippen molar-refractivity contribution in [2.45, 2.75) is 0 Å². The van der Waals surface area contributed by atoms with Gasteiger partial charge in [-0.2, -0.15) is 5.10 Å². The number of rotatable bonds is 1. The Hall–Kier alpha value is -2.30. The van der Waals surface area contributed by atoms with Crippen LogP contribution in [-0.4, -0.2) is 36.2 Å². The van der Waals surface area contributed by atoms with Crippen LogP contribution in [0.1, 0.15) is 10.4 Å². The maximum absolute atomic E-state index is 12.4. The maximum atomic E-state index is 12.4. The topological polar surface area (TPSA) is 52.2 Å². The van der Waals surface area contributed by atoms with Gasteiger partial charge in [-0.25, -0.2) is 0 Å². The molecule has 1 amide bonds. The lowest BCUT2D eigenvalue weighted by molar-refractivity contribution is 0.0987. The smallest absolute Gasteiger partial charge is 0.261 e. The molecule has 18 heavy (non-hydrogen) atoms. The summed E-state index contributed by atoms with van der Waals surface area (Å²) >= 11 is 0. The molecule has 0 atom stereocenters. The second-order valence-electron chi connectivity index (χ2n) is 4.35. The Kier molecular flexibility index (Phi) is 2.51. The zero-order chi connectivity index (χ0) is 12.5. The molecule has 0 saturated carbocycles. The molecular weight excluding hydrogens is 228 g/mol. The monoisotopic (exact) mass is 242 g/mol. The van der Waals surface area contributed by atoms with Crippen molar-refractivity contribution in [2.24, 2.45) is 0 Å². The van der Waals surface area contributed by atoms with E-state index in [1.54, 1.807) is 17.3 Å². The third-order valence-corrected chi connectivity index (χ3v) is 3.23. The van der Waals surface area contributed by atoms with Gasteiger partial charge in [0.25, 0.3) is 5.91 Å². The van der Waals surface area contributed by atoms with Gasteiger partial charge in [0.05, 0.1) is 23.1 Å². The highest BCUT2D eigenvalue weighted by atomic mass is 16.2. The summed E-state index contributed by atoms with van der Waals surface area (Å²) in [6.07, 6.45) is 3.19. The minimum atomic E-state index is -0.00991. The molecule has 3 rings (SSSR count). The Balaban J connectivity index is 2.00. The van der Waals surface area contributed by atoms with Crippen LogP contribution in [0.4, 0.5) is 11.4 Å². The highest BCUT2D eigenvalue weighted by molar-refractivity contribution is 6.08. The molecule has 5 heteroatoms. The molecule has 0 fully saturated rings. The number of aromatic nitrogens is 2. The van der Waals surface area contributed by atoms with E-state index in [2.05, 4.69) is 15.1 Å². The van der Waals surface area contributed by atoms with Crippen LogP contribution in [0, 0.1) is 0 Å². The summed E-state index contributed by atoms with van der Waals surface area (Å²) in [6, 6.07) is 7.95. The molecule has 1 aromatic carbocycles. The fourth-order valence-corrected chi connectivity index (χ4v) is 2.24. The van der Waals surface area contributed by atoms with E-state index in [1.807, 2.05) is 31.3 Å². The number of H-pyrrole nitrogens is 1. The molecule has 2 heterocycles. The van der Waals surface area contributed by atoms with Gasteiger partial charge in [-0.15, -0.1) is 0 Å². The molecule has 92 valence electrons. The number of nitrogens with zero attached hydrogens (tertiary/aromatic N) is 3. The van der Waals surface area contributed by atoms with Crippen LogP contribution in [0.5, 0.6) is 0 Å². The third-order valence-electron chi connectivity index (χ3n) is 3.23. The highest BCUT2D eigenvalue weighted by Gasteiger charge is 2.25. The van der Waals surface area contributed by atoms with Crippen molar-refractivity contribution in [1.29, 1.82) is 0 Å². The van der Waals surface area contributed by atoms with Gasteiger partial charge < -0.3 is 9.80 Å². The van der Waals surface area contributed by atoms with Crippen LogP contribution < -0.4 is 9.80 Å². The summed E-state index contributed by atoms with van der Waals surface area (Å²) in [5.74, 6) is -0.00991. The molecule has 5 nitrogen and oxygen atoms in total. The lowest BCUT2D eigenvalue weighted by Gasteiger charge is -2.35. The predicted octanol–water partition coefficient (Wildman–Crippen LogP) is 1.51. The average Bonchev–Trinajstić information content (AvgIpc) is 2.93. The van der Waals surface area contributed by atoms with E-state index in [0.29, 0.717) is 12.1 Å². The first kappa shape index (κ1) is 10.8. The number of anilines is 2. The number of likely N-dealkylation sites (N-methyl/N-ethyl adjacent to an activating group) is 1. The van der Waals surface area contributed by atoms with Crippen LogP contribution in [0.25, 0.3) is 0 Å². The number of carbonyl (C=O) groups is 1. The van der Waals surface area contributed by atoms with Crippen LogP contribution in [0.15, 0.2) is 36.7 Å². The van der Waals surface area contributed by atoms with Crippen LogP contribution in [0.2, 0.25) is 0 Å². The van der Waals surface area contributed by atoms with Gasteiger partial charge in [0.2, 0.25) is 0 Å². The van der Waals surface area contributed by atoms with Crippen molar-refractivity contribution in [3.8, 4) is 0 Å². The van der Waals surface area contributed by atoms with Gasteiger partial charge in [-0.05, 0) is 12.1 Å². The van der Waals surface area contributed by atoms with E-state index in [0.717, 1.165) is 17.9 Å². The second-order valence-corrected chi connectivity index (χ2v) is 4.35. The van der Waals surface area contributed by atoms with Gasteiger partial charge in [0.15, 0.2) is 0 Å². The van der Waals surface area contributed by atoms with E-state index in [1.165, 1.54) is 0 Å². The standard InChI is InChI=1S/C13H14N4O/c1-16-6-7-17(12-5-3-2-4-11(12)16)13(18)10-8-14-15-9-10/h2-5,8-9H,6-7H2,1H3,(H,14,15). The zero-order valence-electron chi connectivity index (χ0n) is 10.1. The molecule has 1 aliphatic heterocycles. The number of fused-ring (bicyclic) bond motifs is 1. The second kappa shape index (κ2) is 4.18. The molecule has 1 N–H and O–H groups in total. The zero-order valence-corrected chi connectivity index (χ0v) is 10.1. The van der Waals surface area contributed by atoms with Crippen molar-refractivity contribution >= 4 is 17.3 Å². The first-order chi connectivity index (χ1) is 8.77. The molecule has 0 saturated heterocycles. The number of hydrogen-bond donors (Lipinski definition) is 1. The lowest BCUT2D eigenvalue weighted by atomic mass is 10.1. The lowest BCUT2D eigenvalue weighted by Crippen LogP contribution is -2.42. The van der Waals surface area contributed by atoms with Crippen LogP contribution >= 0.6 is 0 Å². The predicted molar refractivity (Wildman–Crippen MR) is 70.0 cm³/mol. The number of benzene rings is 1. The fourth-order valence-electron chi connectivity index (χ4n) is 2.24. The molecular formula is C13H14N4O. The molecule has 1 aliphatic rings. The summed E-state index contributed by atoms with van der Waals surface area (Å²) in [4.78, 5) is 16.3. The molecule has 0 spiro atoms. The number of nitrogens with one attached hydrogen (secondary N) is 1. The van der Waals surface area contributed by atoms with E-state index in [4.69, 9.17) is 0 Å². The summed E-state index contributed by atoms with van der Waals surface area (Å²) < 4.78 is 0. The first-order valence-corrected chi connectivity index (χ1v) is 5.88. The van der Waals surface area contributed by atoms with Gasteiger partial charge >= 0.3 is 0 Å². The van der Waals surface area contributed by atoms with Crippen molar-refractivity contribution in [1.82, 2.24) is 10.2 Å². The van der Waals surface area contributed by atoms with Gasteiger partial charge in [0.1, 0.15) is 0 Å². The Bertz CT molecular complexity index is 564. The van der Waals surface area contributed by atoms with Crippen molar-refractivity contribution in [2.75, 3.05) is 29.9 Å². The van der Waals surface area contributed by atoms with Crippen LogP contribution in [-0.2, 0) is 0 Å². The van der Waals surface area contributed by atoms with E-state index >= 15 is 0 Å². The Morgan fingerprint density at radius 1 is 1.28 bits per heavy atom. The SMILES string of the molecule is CN1CCN(C(=O)c2cn[nH]c2)c2ccccc21. The highest BCUT2D eigenvalue weighted by Crippen LogP contribution is 2.32. The molecule has 0 bridgehead atoms. The minimum Gasteiger partial charge on any atom is -0.371 e. The van der Waals surface area contributed by atoms with Gasteiger partial charge in [-0.3, -0.25) is 9.89 Å². The summed E-state index contributed by atoms with van der Waals surface area (Å²) in [7, 11) is 2.04. The summed E-state index contributed by atoms with van der Waals surface area (Å²) in [6.45, 7) is 1.53. The molecule has 1 aromatic heterocycles. The van der Waals surface area contributed by atoms with Crippen molar-refractivity contribution < 1.29 is 4.79 Å². The molecule has 0 aliphatic carbocycles. The van der Waals surface area contributed by atoms with Gasteiger partial charge in [-0.1, -0.05) is 12.1 Å². The largest absolute Gasteiger partial charge is 0.371 e. The minimum absolute atomic E-state index is 0.00991. The normalized spacial score (nSPS) is 14.5. The Morgan fingerprint density at radius 2 is 2.06 bits per heavy atom. The number of aromatic amines is 1. The Labute approximate surface area is 105 Å². The number of para-hydroxylation sites is 2. The quantitative estimate of drug-likeness (QED) is 0.824. The van der Waals surface area contributed by atoms with E-state index in [-0.39, 0.29) is 5.91 Å². The fraction of sp³-hybridized carbons (Fsp3) is 0.231. The van der Waals surface area contributed by atoms with Crippen LogP contribution in [0.3, 0.4) is 0 Å². The molecule has 0 radical (unpaired) electrons. The molecule has 2 aromatic rings. The number of carbonyl (C=O) groups excluding carboxylic acids is 1. The van der Waals surface area contributed by atoms with Crippen molar-refractivity contribution in [3.63, 3.8) is 0 Å².